The van der Waals surface area contributed by atoms with Gasteiger partial charge in [-0.2, -0.15) is 0 Å². The Morgan fingerprint density at radius 2 is 1.52 bits per heavy atom. The minimum Gasteiger partial charge on any atom is -0.493 e. The van der Waals surface area contributed by atoms with E-state index in [-0.39, 0.29) is 18.9 Å². The molecule has 7 heteroatoms. The number of hydrogen-bond acceptors (Lipinski definition) is 6. The van der Waals surface area contributed by atoms with E-state index >= 15 is 0 Å². The van der Waals surface area contributed by atoms with Crippen LogP contribution in [0.25, 0.3) is 0 Å². The van der Waals surface area contributed by atoms with Crippen LogP contribution in [0.4, 0.5) is 5.69 Å². The first-order valence-corrected chi connectivity index (χ1v) is 9.99. The second-order valence-electron chi connectivity index (χ2n) is 7.73. The van der Waals surface area contributed by atoms with Gasteiger partial charge in [-0.25, -0.2) is 4.79 Å². The van der Waals surface area contributed by atoms with Crippen LogP contribution in [0.2, 0.25) is 0 Å². The van der Waals surface area contributed by atoms with Gasteiger partial charge < -0.3 is 18.9 Å². The molecule has 0 spiro atoms. The van der Waals surface area contributed by atoms with Gasteiger partial charge in [0.2, 0.25) is 11.7 Å². The van der Waals surface area contributed by atoms with Crippen molar-refractivity contribution in [2.24, 2.45) is 0 Å². The molecule has 1 amide bonds. The lowest BCUT2D eigenvalue weighted by molar-refractivity contribution is -0.136. The molecule has 0 unspecified atom stereocenters. The maximum absolute atomic E-state index is 13.3. The summed E-state index contributed by atoms with van der Waals surface area (Å²) in [5.41, 5.74) is 4.65. The van der Waals surface area contributed by atoms with Crippen molar-refractivity contribution in [1.82, 2.24) is 0 Å². The Bertz CT molecular complexity index is 1060. The monoisotopic (exact) mass is 423 g/mol. The Morgan fingerprint density at radius 1 is 0.903 bits per heavy atom. The molecule has 0 radical (unpaired) electrons. The highest BCUT2D eigenvalue weighted by Gasteiger charge is 2.43. The van der Waals surface area contributed by atoms with E-state index in [1.54, 1.807) is 17.0 Å². The van der Waals surface area contributed by atoms with Crippen LogP contribution in [0.15, 0.2) is 41.6 Å². The molecule has 4 rings (SSSR count). The van der Waals surface area contributed by atoms with E-state index in [1.165, 1.54) is 21.3 Å². The minimum absolute atomic E-state index is 0.0633. The van der Waals surface area contributed by atoms with Crippen molar-refractivity contribution in [3.05, 3.63) is 58.3 Å². The van der Waals surface area contributed by atoms with Gasteiger partial charge in [-0.15, -0.1) is 0 Å². The largest absolute Gasteiger partial charge is 0.493 e. The molecule has 2 aromatic carbocycles. The lowest BCUT2D eigenvalue weighted by Crippen LogP contribution is -2.37. The summed E-state index contributed by atoms with van der Waals surface area (Å²) in [6.07, 6.45) is 0.125. The van der Waals surface area contributed by atoms with E-state index in [4.69, 9.17) is 18.9 Å². The van der Waals surface area contributed by atoms with Crippen LogP contribution < -0.4 is 19.1 Å². The molecule has 2 heterocycles. The van der Waals surface area contributed by atoms with Gasteiger partial charge in [-0.05, 0) is 54.8 Å². The molecular formula is C24H25NO6. The zero-order valence-electron chi connectivity index (χ0n) is 18.3. The number of methoxy groups -OCH3 is 3. The fourth-order valence-corrected chi connectivity index (χ4v) is 4.42. The molecule has 0 aliphatic carbocycles. The number of esters is 1. The molecule has 0 saturated carbocycles. The first-order valence-electron chi connectivity index (χ1n) is 9.99. The first kappa shape index (κ1) is 20.8. The van der Waals surface area contributed by atoms with Crippen molar-refractivity contribution in [2.75, 3.05) is 32.8 Å². The quantitative estimate of drug-likeness (QED) is 0.684. The normalized spacial score (nSPS) is 18.1. The molecule has 0 fully saturated rings. The van der Waals surface area contributed by atoms with Gasteiger partial charge in [0.1, 0.15) is 6.61 Å². The standard InChI is InChI=1S/C24H25NO6/c1-13-6-14(2)8-16(7-13)25-18-12-31-24(27)22(18)17(11-21(25)26)15-9-19(28-3)23(30-5)20(10-15)29-4/h6-10,17H,11-12H2,1-5H3/t17-/m0/s1. The van der Waals surface area contributed by atoms with Gasteiger partial charge in [-0.1, -0.05) is 6.07 Å². The maximum atomic E-state index is 13.3. The summed E-state index contributed by atoms with van der Waals surface area (Å²) in [7, 11) is 4.59. The van der Waals surface area contributed by atoms with E-state index in [1.807, 2.05) is 32.0 Å². The van der Waals surface area contributed by atoms with Crippen LogP contribution in [0.5, 0.6) is 17.2 Å². The highest BCUT2D eigenvalue weighted by molar-refractivity contribution is 6.06. The number of benzene rings is 2. The fraction of sp³-hybridized carbons (Fsp3) is 0.333. The van der Waals surface area contributed by atoms with Crippen LogP contribution in [0.1, 0.15) is 29.0 Å². The number of hydrogen-bond donors (Lipinski definition) is 0. The summed E-state index contributed by atoms with van der Waals surface area (Å²) < 4.78 is 21.7. The average Bonchev–Trinajstić information content (AvgIpc) is 3.12. The van der Waals surface area contributed by atoms with Crippen molar-refractivity contribution < 1.29 is 28.5 Å². The fourth-order valence-electron chi connectivity index (χ4n) is 4.42. The number of ether oxygens (including phenoxy) is 4. The summed E-state index contributed by atoms with van der Waals surface area (Å²) in [4.78, 5) is 27.7. The zero-order valence-corrected chi connectivity index (χ0v) is 18.3. The van der Waals surface area contributed by atoms with Crippen LogP contribution in [0.3, 0.4) is 0 Å². The third kappa shape index (κ3) is 3.50. The Balaban J connectivity index is 1.86. The molecule has 2 aliphatic rings. The Kier molecular flexibility index (Phi) is 5.35. The minimum atomic E-state index is -0.464. The number of cyclic esters (lactones) is 1. The second kappa shape index (κ2) is 7.98. The molecule has 2 aromatic rings. The molecule has 31 heavy (non-hydrogen) atoms. The summed E-state index contributed by atoms with van der Waals surface area (Å²) in [6.45, 7) is 4.03. The van der Waals surface area contributed by atoms with E-state index in [0.29, 0.717) is 28.5 Å². The SMILES string of the molecule is COc1cc([C@@H]2CC(=O)N(c3cc(C)cc(C)c3)C3=C2C(=O)OC3)cc(OC)c1OC. The molecule has 0 N–H and O–H groups in total. The molecule has 0 aromatic heterocycles. The second-order valence-corrected chi connectivity index (χ2v) is 7.73. The van der Waals surface area contributed by atoms with Gasteiger partial charge in [0.05, 0.1) is 32.6 Å². The Labute approximate surface area is 181 Å². The number of aryl methyl sites for hydroxylation is 2. The highest BCUT2D eigenvalue weighted by Crippen LogP contribution is 2.46. The van der Waals surface area contributed by atoms with Gasteiger partial charge in [-0.3, -0.25) is 9.69 Å². The smallest absolute Gasteiger partial charge is 0.336 e. The summed E-state index contributed by atoms with van der Waals surface area (Å²) >= 11 is 0. The number of nitrogens with zero attached hydrogens (tertiary/aromatic N) is 1. The van der Waals surface area contributed by atoms with Crippen molar-refractivity contribution in [2.45, 2.75) is 26.2 Å². The Hall–Kier alpha value is -3.48. The summed E-state index contributed by atoms with van der Waals surface area (Å²) in [6, 6.07) is 9.49. The lowest BCUT2D eigenvalue weighted by atomic mass is 9.83. The first-order chi connectivity index (χ1) is 14.9. The molecule has 1 atom stereocenters. The van der Waals surface area contributed by atoms with Crippen molar-refractivity contribution in [1.29, 1.82) is 0 Å². The summed E-state index contributed by atoms with van der Waals surface area (Å²) in [5, 5.41) is 0. The molecule has 7 nitrogen and oxygen atoms in total. The van der Waals surface area contributed by atoms with E-state index < -0.39 is 11.9 Å². The number of rotatable bonds is 5. The van der Waals surface area contributed by atoms with Gasteiger partial charge in [0, 0.05) is 18.0 Å². The molecule has 0 saturated heterocycles. The van der Waals surface area contributed by atoms with Crippen LogP contribution in [-0.2, 0) is 14.3 Å². The predicted molar refractivity (Wildman–Crippen MR) is 115 cm³/mol. The predicted octanol–water partition coefficient (Wildman–Crippen LogP) is 3.66. The number of carbonyl (C=O) groups excluding carboxylic acids is 2. The van der Waals surface area contributed by atoms with Gasteiger partial charge in [0.15, 0.2) is 11.5 Å². The number of amides is 1. The molecule has 0 bridgehead atoms. The van der Waals surface area contributed by atoms with E-state index in [0.717, 1.165) is 22.4 Å². The Morgan fingerprint density at radius 3 is 2.06 bits per heavy atom. The topological polar surface area (TPSA) is 74.3 Å². The number of anilines is 1. The lowest BCUT2D eigenvalue weighted by Gasteiger charge is -2.32. The van der Waals surface area contributed by atoms with E-state index in [9.17, 15) is 9.59 Å². The summed E-state index contributed by atoms with van der Waals surface area (Å²) in [5.74, 6) is 0.421. The molecule has 2 aliphatic heterocycles. The van der Waals surface area contributed by atoms with E-state index in [2.05, 4.69) is 0 Å². The third-order valence-corrected chi connectivity index (χ3v) is 5.67. The highest BCUT2D eigenvalue weighted by atomic mass is 16.5. The average molecular weight is 423 g/mol. The van der Waals surface area contributed by atoms with Crippen molar-refractivity contribution in [3.8, 4) is 17.2 Å². The van der Waals surface area contributed by atoms with Gasteiger partial charge in [0.25, 0.3) is 0 Å². The van der Waals surface area contributed by atoms with Crippen LogP contribution in [-0.4, -0.2) is 39.8 Å². The third-order valence-electron chi connectivity index (χ3n) is 5.67. The van der Waals surface area contributed by atoms with Crippen molar-refractivity contribution >= 4 is 17.6 Å². The van der Waals surface area contributed by atoms with Crippen LogP contribution in [0, 0.1) is 13.8 Å². The number of carbonyl (C=O) groups is 2. The zero-order chi connectivity index (χ0) is 22.3. The molecular weight excluding hydrogens is 398 g/mol. The van der Waals surface area contributed by atoms with Crippen LogP contribution >= 0.6 is 0 Å². The van der Waals surface area contributed by atoms with Crippen molar-refractivity contribution in [3.63, 3.8) is 0 Å². The van der Waals surface area contributed by atoms with Gasteiger partial charge >= 0.3 is 5.97 Å². The maximum Gasteiger partial charge on any atom is 0.336 e. The molecule has 162 valence electrons.